The lowest BCUT2D eigenvalue weighted by Crippen LogP contribution is -2.11. The maximum Gasteiger partial charge on any atom is 0.131 e. The summed E-state index contributed by atoms with van der Waals surface area (Å²) in [4.78, 5) is 4.99. The largest absolute Gasteiger partial charge is 0.389 e. The van der Waals surface area contributed by atoms with E-state index in [0.717, 1.165) is 28.0 Å². The number of pyridine rings is 1. The third-order valence-corrected chi connectivity index (χ3v) is 3.49. The molecule has 0 aliphatic rings. The zero-order valence-electron chi connectivity index (χ0n) is 11.6. The van der Waals surface area contributed by atoms with Gasteiger partial charge in [-0.25, -0.2) is 4.98 Å². The van der Waals surface area contributed by atoms with E-state index in [4.69, 9.17) is 18.0 Å². The summed E-state index contributed by atoms with van der Waals surface area (Å²) in [5.74, 6) is 0.738. The summed E-state index contributed by atoms with van der Waals surface area (Å²) >= 11 is 5.16. The van der Waals surface area contributed by atoms with Gasteiger partial charge in [0.25, 0.3) is 0 Å². The Labute approximate surface area is 128 Å². The lowest BCUT2D eigenvalue weighted by molar-refractivity contribution is 1.36. The average Bonchev–Trinajstić information content (AvgIpc) is 2.46. The second-order valence-electron chi connectivity index (χ2n) is 4.93. The number of hydrogen-bond acceptors (Lipinski definition) is 3. The molecule has 0 fully saturated rings. The molecule has 0 saturated heterocycles. The molecule has 0 bridgehead atoms. The summed E-state index contributed by atoms with van der Waals surface area (Å²) in [6, 6.07) is 17.9. The number of nitrogens with one attached hydrogen (secondary N) is 1. The van der Waals surface area contributed by atoms with Crippen LogP contribution in [0.1, 0.15) is 11.1 Å². The van der Waals surface area contributed by atoms with E-state index in [1.165, 1.54) is 5.56 Å². The predicted molar refractivity (Wildman–Crippen MR) is 92.1 cm³/mol. The van der Waals surface area contributed by atoms with Crippen LogP contribution in [0.25, 0.3) is 10.9 Å². The highest BCUT2D eigenvalue weighted by Gasteiger charge is 2.08. The van der Waals surface area contributed by atoms with E-state index >= 15 is 0 Å². The first-order valence-corrected chi connectivity index (χ1v) is 7.07. The van der Waals surface area contributed by atoms with Crippen LogP contribution in [0.2, 0.25) is 0 Å². The molecule has 3 nitrogen and oxygen atoms in total. The standard InChI is InChI=1S/C17H15N3S/c1-11-5-4-6-12(9-11)19-16-10-14(17(18)21)13-7-2-3-8-15(13)20-16/h2-10H,1H3,(H2,18,21)(H,19,20). The van der Waals surface area contributed by atoms with E-state index in [9.17, 15) is 0 Å². The van der Waals surface area contributed by atoms with E-state index in [2.05, 4.69) is 29.4 Å². The van der Waals surface area contributed by atoms with Gasteiger partial charge >= 0.3 is 0 Å². The van der Waals surface area contributed by atoms with Gasteiger partial charge in [0.2, 0.25) is 0 Å². The van der Waals surface area contributed by atoms with Crippen LogP contribution in [-0.4, -0.2) is 9.97 Å². The molecule has 21 heavy (non-hydrogen) atoms. The van der Waals surface area contributed by atoms with Crippen LogP contribution in [0, 0.1) is 6.92 Å². The number of nitrogens with two attached hydrogens (primary N) is 1. The predicted octanol–water partition coefficient (Wildman–Crippen LogP) is 3.92. The second kappa shape index (κ2) is 5.50. The van der Waals surface area contributed by atoms with Crippen LogP contribution in [0.4, 0.5) is 11.5 Å². The monoisotopic (exact) mass is 293 g/mol. The minimum absolute atomic E-state index is 0.376. The maximum atomic E-state index is 5.84. The highest BCUT2D eigenvalue weighted by molar-refractivity contribution is 7.80. The molecule has 0 atom stereocenters. The molecule has 3 N–H and O–H groups in total. The fourth-order valence-corrected chi connectivity index (χ4v) is 2.48. The Morgan fingerprint density at radius 1 is 1.10 bits per heavy atom. The van der Waals surface area contributed by atoms with E-state index in [-0.39, 0.29) is 0 Å². The SMILES string of the molecule is Cc1cccc(Nc2cc(C(N)=S)c3ccccc3n2)c1. The van der Waals surface area contributed by atoms with Crippen molar-refractivity contribution in [2.75, 3.05) is 5.32 Å². The number of fused-ring (bicyclic) bond motifs is 1. The summed E-state index contributed by atoms with van der Waals surface area (Å²) in [5, 5.41) is 4.28. The van der Waals surface area contributed by atoms with Gasteiger partial charge in [-0.05, 0) is 36.8 Å². The fourth-order valence-electron chi connectivity index (χ4n) is 2.31. The van der Waals surface area contributed by atoms with Crippen molar-refractivity contribution in [2.24, 2.45) is 5.73 Å². The van der Waals surface area contributed by atoms with Crippen LogP contribution in [0.5, 0.6) is 0 Å². The van der Waals surface area contributed by atoms with Crippen molar-refractivity contribution in [2.45, 2.75) is 6.92 Å². The van der Waals surface area contributed by atoms with Gasteiger partial charge < -0.3 is 11.1 Å². The second-order valence-corrected chi connectivity index (χ2v) is 5.37. The van der Waals surface area contributed by atoms with Crippen molar-refractivity contribution in [3.8, 4) is 0 Å². The quantitative estimate of drug-likeness (QED) is 0.719. The number of benzene rings is 2. The van der Waals surface area contributed by atoms with Crippen LogP contribution >= 0.6 is 12.2 Å². The van der Waals surface area contributed by atoms with Crippen molar-refractivity contribution in [3.05, 3.63) is 65.7 Å². The molecule has 1 aromatic heterocycles. The van der Waals surface area contributed by atoms with Gasteiger partial charge in [0.05, 0.1) is 5.52 Å². The van der Waals surface area contributed by atoms with Gasteiger partial charge in [-0.2, -0.15) is 0 Å². The number of anilines is 2. The van der Waals surface area contributed by atoms with E-state index < -0.39 is 0 Å². The first-order chi connectivity index (χ1) is 10.1. The number of aryl methyl sites for hydroxylation is 1. The number of rotatable bonds is 3. The molecule has 0 aliphatic carbocycles. The number of aromatic nitrogens is 1. The zero-order valence-corrected chi connectivity index (χ0v) is 12.4. The third-order valence-electron chi connectivity index (χ3n) is 3.27. The fraction of sp³-hybridized carbons (Fsp3) is 0.0588. The lowest BCUT2D eigenvalue weighted by atomic mass is 10.1. The number of para-hydroxylation sites is 1. The Morgan fingerprint density at radius 3 is 2.67 bits per heavy atom. The molecule has 0 spiro atoms. The number of nitrogens with zero attached hydrogens (tertiary/aromatic N) is 1. The van der Waals surface area contributed by atoms with Gasteiger partial charge in [0.15, 0.2) is 0 Å². The minimum atomic E-state index is 0.376. The first-order valence-electron chi connectivity index (χ1n) is 6.67. The highest BCUT2D eigenvalue weighted by atomic mass is 32.1. The first kappa shape index (κ1) is 13.5. The Balaban J connectivity index is 2.09. The van der Waals surface area contributed by atoms with Crippen LogP contribution in [-0.2, 0) is 0 Å². The molecule has 1 heterocycles. The van der Waals surface area contributed by atoms with Crippen molar-refractivity contribution in [1.82, 2.24) is 4.98 Å². The number of hydrogen-bond donors (Lipinski definition) is 2. The molecular formula is C17H15N3S. The van der Waals surface area contributed by atoms with Crippen LogP contribution in [0.15, 0.2) is 54.6 Å². The Hall–Kier alpha value is -2.46. The molecule has 3 aromatic rings. The van der Waals surface area contributed by atoms with E-state index in [1.807, 2.05) is 42.5 Å². The molecule has 4 heteroatoms. The summed E-state index contributed by atoms with van der Waals surface area (Å²) in [5.41, 5.74) is 9.74. The normalized spacial score (nSPS) is 10.5. The van der Waals surface area contributed by atoms with Gasteiger partial charge in [-0.3, -0.25) is 0 Å². The summed E-state index contributed by atoms with van der Waals surface area (Å²) in [7, 11) is 0. The Morgan fingerprint density at radius 2 is 1.90 bits per heavy atom. The van der Waals surface area contributed by atoms with Crippen LogP contribution in [0.3, 0.4) is 0 Å². The van der Waals surface area contributed by atoms with Gasteiger partial charge in [0, 0.05) is 16.6 Å². The molecule has 0 amide bonds. The summed E-state index contributed by atoms with van der Waals surface area (Å²) in [6.45, 7) is 2.05. The molecular weight excluding hydrogens is 278 g/mol. The van der Waals surface area contributed by atoms with E-state index in [1.54, 1.807) is 0 Å². The molecule has 3 rings (SSSR count). The van der Waals surface area contributed by atoms with Crippen molar-refractivity contribution < 1.29 is 0 Å². The van der Waals surface area contributed by atoms with Crippen molar-refractivity contribution in [1.29, 1.82) is 0 Å². The molecule has 0 saturated carbocycles. The molecule has 104 valence electrons. The van der Waals surface area contributed by atoms with Gasteiger partial charge in [-0.1, -0.05) is 42.5 Å². The minimum Gasteiger partial charge on any atom is -0.389 e. The third kappa shape index (κ3) is 2.85. The molecule has 0 radical (unpaired) electrons. The van der Waals surface area contributed by atoms with Crippen molar-refractivity contribution >= 4 is 39.6 Å². The molecule has 0 aliphatic heterocycles. The maximum absolute atomic E-state index is 5.84. The molecule has 0 unspecified atom stereocenters. The Kier molecular flexibility index (Phi) is 3.54. The summed E-state index contributed by atoms with van der Waals surface area (Å²) in [6.07, 6.45) is 0. The van der Waals surface area contributed by atoms with Gasteiger partial charge in [0.1, 0.15) is 10.8 Å². The van der Waals surface area contributed by atoms with Gasteiger partial charge in [-0.15, -0.1) is 0 Å². The van der Waals surface area contributed by atoms with Crippen molar-refractivity contribution in [3.63, 3.8) is 0 Å². The topological polar surface area (TPSA) is 50.9 Å². The lowest BCUT2D eigenvalue weighted by Gasteiger charge is -2.11. The Bertz CT molecular complexity index is 827. The van der Waals surface area contributed by atoms with Crippen LogP contribution < -0.4 is 11.1 Å². The average molecular weight is 293 g/mol. The van der Waals surface area contributed by atoms with E-state index in [0.29, 0.717) is 4.99 Å². The summed E-state index contributed by atoms with van der Waals surface area (Å²) < 4.78 is 0. The molecule has 2 aromatic carbocycles. The number of thiocarbonyl (C=S) groups is 1. The smallest absolute Gasteiger partial charge is 0.131 e. The zero-order chi connectivity index (χ0) is 14.8. The highest BCUT2D eigenvalue weighted by Crippen LogP contribution is 2.23.